The lowest BCUT2D eigenvalue weighted by molar-refractivity contribution is -0.259. The van der Waals surface area contributed by atoms with E-state index in [1.54, 1.807) is 7.11 Å². The maximum absolute atomic E-state index is 5.55. The lowest BCUT2D eigenvalue weighted by atomic mass is 10.2. The van der Waals surface area contributed by atoms with Gasteiger partial charge in [-0.1, -0.05) is 13.3 Å². The summed E-state index contributed by atoms with van der Waals surface area (Å²) in [7, 11) is 1.68. The highest BCUT2D eigenvalue weighted by atomic mass is 16.8. The molecule has 3 heteroatoms. The highest BCUT2D eigenvalue weighted by molar-refractivity contribution is 4.58. The fourth-order valence-corrected chi connectivity index (χ4v) is 1.41. The van der Waals surface area contributed by atoms with Gasteiger partial charge in [0.1, 0.15) is 0 Å². The van der Waals surface area contributed by atoms with E-state index in [0.29, 0.717) is 0 Å². The van der Waals surface area contributed by atoms with Crippen molar-refractivity contribution >= 4 is 0 Å². The van der Waals surface area contributed by atoms with Gasteiger partial charge in [0, 0.05) is 13.7 Å². The van der Waals surface area contributed by atoms with Crippen molar-refractivity contribution in [2.45, 2.75) is 51.6 Å². The topological polar surface area (TPSA) is 27.7 Å². The molecule has 1 aliphatic rings. The third kappa shape index (κ3) is 4.07. The quantitative estimate of drug-likeness (QED) is 0.620. The SMILES string of the molecule is CCCCOC1CCCC(OC)O1. The second-order valence-electron chi connectivity index (χ2n) is 3.39. The summed E-state index contributed by atoms with van der Waals surface area (Å²) in [6, 6.07) is 0. The Morgan fingerprint density at radius 3 is 2.77 bits per heavy atom. The Hall–Kier alpha value is -0.120. The molecule has 1 aliphatic heterocycles. The molecule has 1 heterocycles. The molecule has 2 atom stereocenters. The second kappa shape index (κ2) is 6.35. The molecule has 0 saturated carbocycles. The Balaban J connectivity index is 2.11. The van der Waals surface area contributed by atoms with Crippen molar-refractivity contribution in [1.29, 1.82) is 0 Å². The van der Waals surface area contributed by atoms with Gasteiger partial charge in [0.15, 0.2) is 12.6 Å². The van der Waals surface area contributed by atoms with E-state index in [9.17, 15) is 0 Å². The van der Waals surface area contributed by atoms with Gasteiger partial charge in [0.25, 0.3) is 0 Å². The van der Waals surface area contributed by atoms with Crippen molar-refractivity contribution < 1.29 is 14.2 Å². The van der Waals surface area contributed by atoms with Crippen LogP contribution in [0.4, 0.5) is 0 Å². The van der Waals surface area contributed by atoms with Crippen molar-refractivity contribution in [3.8, 4) is 0 Å². The van der Waals surface area contributed by atoms with E-state index in [1.165, 1.54) is 6.42 Å². The molecule has 0 N–H and O–H groups in total. The normalized spacial score (nSPS) is 29.1. The summed E-state index contributed by atoms with van der Waals surface area (Å²) in [5.41, 5.74) is 0. The number of rotatable bonds is 5. The first-order chi connectivity index (χ1) is 6.36. The first-order valence-corrected chi connectivity index (χ1v) is 5.16. The number of hydrogen-bond acceptors (Lipinski definition) is 3. The van der Waals surface area contributed by atoms with E-state index in [2.05, 4.69) is 6.92 Å². The summed E-state index contributed by atoms with van der Waals surface area (Å²) in [6.45, 7) is 2.96. The fraction of sp³-hybridized carbons (Fsp3) is 1.00. The zero-order valence-corrected chi connectivity index (χ0v) is 8.62. The van der Waals surface area contributed by atoms with E-state index >= 15 is 0 Å². The first kappa shape index (κ1) is 11.0. The van der Waals surface area contributed by atoms with Gasteiger partial charge in [-0.05, 0) is 25.7 Å². The molecule has 3 nitrogen and oxygen atoms in total. The van der Waals surface area contributed by atoms with Crippen LogP contribution >= 0.6 is 0 Å². The van der Waals surface area contributed by atoms with Gasteiger partial charge in [0.05, 0.1) is 0 Å². The molecule has 0 amide bonds. The molecule has 0 aliphatic carbocycles. The molecule has 0 spiro atoms. The zero-order valence-electron chi connectivity index (χ0n) is 8.62. The molecule has 0 aromatic heterocycles. The lowest BCUT2D eigenvalue weighted by Gasteiger charge is -2.28. The number of methoxy groups -OCH3 is 1. The molecule has 1 fully saturated rings. The largest absolute Gasteiger partial charge is 0.356 e. The molecule has 0 radical (unpaired) electrons. The van der Waals surface area contributed by atoms with Gasteiger partial charge in [-0.15, -0.1) is 0 Å². The smallest absolute Gasteiger partial charge is 0.160 e. The van der Waals surface area contributed by atoms with Crippen LogP contribution in [-0.4, -0.2) is 26.3 Å². The molecule has 0 bridgehead atoms. The average molecular weight is 188 g/mol. The first-order valence-electron chi connectivity index (χ1n) is 5.16. The second-order valence-corrected chi connectivity index (χ2v) is 3.39. The van der Waals surface area contributed by atoms with Crippen LogP contribution in [0.5, 0.6) is 0 Å². The van der Waals surface area contributed by atoms with Gasteiger partial charge in [-0.3, -0.25) is 0 Å². The van der Waals surface area contributed by atoms with Crippen LogP contribution in [0.15, 0.2) is 0 Å². The molecular formula is C10H20O3. The minimum atomic E-state index is -0.0552. The third-order valence-corrected chi connectivity index (χ3v) is 2.25. The van der Waals surface area contributed by atoms with Gasteiger partial charge < -0.3 is 14.2 Å². The molecule has 1 rings (SSSR count). The Morgan fingerprint density at radius 2 is 2.08 bits per heavy atom. The van der Waals surface area contributed by atoms with Crippen molar-refractivity contribution in [2.75, 3.05) is 13.7 Å². The third-order valence-electron chi connectivity index (χ3n) is 2.25. The molecule has 0 aromatic carbocycles. The van der Waals surface area contributed by atoms with E-state index < -0.39 is 0 Å². The predicted molar refractivity (Wildman–Crippen MR) is 50.4 cm³/mol. The van der Waals surface area contributed by atoms with Crippen molar-refractivity contribution in [3.63, 3.8) is 0 Å². The molecule has 13 heavy (non-hydrogen) atoms. The van der Waals surface area contributed by atoms with E-state index in [0.717, 1.165) is 32.3 Å². The Kier molecular flexibility index (Phi) is 5.35. The summed E-state index contributed by atoms with van der Waals surface area (Å²) >= 11 is 0. The van der Waals surface area contributed by atoms with Crippen LogP contribution in [0.25, 0.3) is 0 Å². The highest BCUT2D eigenvalue weighted by Crippen LogP contribution is 2.20. The van der Waals surface area contributed by atoms with Crippen LogP contribution in [-0.2, 0) is 14.2 Å². The fourth-order valence-electron chi connectivity index (χ4n) is 1.41. The Labute approximate surface area is 80.4 Å². The highest BCUT2D eigenvalue weighted by Gasteiger charge is 2.21. The summed E-state index contributed by atoms with van der Waals surface area (Å²) in [4.78, 5) is 0. The number of unbranched alkanes of at least 4 members (excludes halogenated alkanes) is 1. The molecule has 1 saturated heterocycles. The minimum absolute atomic E-state index is 0.0368. The molecule has 2 unspecified atom stereocenters. The molecular weight excluding hydrogens is 168 g/mol. The Morgan fingerprint density at radius 1 is 1.31 bits per heavy atom. The Bertz CT molecular complexity index is 127. The van der Waals surface area contributed by atoms with Gasteiger partial charge in [0.2, 0.25) is 0 Å². The minimum Gasteiger partial charge on any atom is -0.356 e. The van der Waals surface area contributed by atoms with Gasteiger partial charge in [-0.25, -0.2) is 0 Å². The van der Waals surface area contributed by atoms with Gasteiger partial charge >= 0.3 is 0 Å². The lowest BCUT2D eigenvalue weighted by Crippen LogP contribution is -2.30. The summed E-state index contributed by atoms with van der Waals surface area (Å²) < 4.78 is 16.2. The van der Waals surface area contributed by atoms with Crippen molar-refractivity contribution in [2.24, 2.45) is 0 Å². The van der Waals surface area contributed by atoms with Crippen LogP contribution in [0, 0.1) is 0 Å². The van der Waals surface area contributed by atoms with Crippen LogP contribution in [0.1, 0.15) is 39.0 Å². The maximum atomic E-state index is 5.55. The summed E-state index contributed by atoms with van der Waals surface area (Å²) in [5.74, 6) is 0. The number of ether oxygens (including phenoxy) is 3. The standard InChI is InChI=1S/C10H20O3/c1-3-4-8-12-10-7-5-6-9(11-2)13-10/h9-10H,3-8H2,1-2H3. The van der Waals surface area contributed by atoms with E-state index in [4.69, 9.17) is 14.2 Å². The van der Waals surface area contributed by atoms with Crippen molar-refractivity contribution in [3.05, 3.63) is 0 Å². The van der Waals surface area contributed by atoms with Crippen LogP contribution in [0.3, 0.4) is 0 Å². The van der Waals surface area contributed by atoms with E-state index in [-0.39, 0.29) is 12.6 Å². The average Bonchev–Trinajstić information content (AvgIpc) is 2.19. The maximum Gasteiger partial charge on any atom is 0.160 e. The molecule has 0 aromatic rings. The summed E-state index contributed by atoms with van der Waals surface area (Å²) in [6.07, 6.45) is 5.31. The van der Waals surface area contributed by atoms with Crippen LogP contribution in [0.2, 0.25) is 0 Å². The van der Waals surface area contributed by atoms with E-state index in [1.807, 2.05) is 0 Å². The number of hydrogen-bond donors (Lipinski definition) is 0. The molecule has 78 valence electrons. The monoisotopic (exact) mass is 188 g/mol. The van der Waals surface area contributed by atoms with Gasteiger partial charge in [-0.2, -0.15) is 0 Å². The van der Waals surface area contributed by atoms with Crippen LogP contribution < -0.4 is 0 Å². The summed E-state index contributed by atoms with van der Waals surface area (Å²) in [5, 5.41) is 0. The zero-order chi connectivity index (χ0) is 9.52. The van der Waals surface area contributed by atoms with Crippen molar-refractivity contribution in [1.82, 2.24) is 0 Å². The predicted octanol–water partition coefficient (Wildman–Crippen LogP) is 2.30.